The number of aliphatic hydroxyl groups is 1. The molecule has 1 N–H and O–H groups in total. The molecule has 0 spiro atoms. The van der Waals surface area contributed by atoms with E-state index in [0.717, 1.165) is 5.56 Å². The molecule has 0 aromatic heterocycles. The van der Waals surface area contributed by atoms with Crippen LogP contribution >= 0.6 is 15.9 Å². The first-order valence-electron chi connectivity index (χ1n) is 6.16. The summed E-state index contributed by atoms with van der Waals surface area (Å²) in [5.74, 6) is -0.317. The summed E-state index contributed by atoms with van der Waals surface area (Å²) in [5.41, 5.74) is 4.17. The highest BCUT2D eigenvalue weighted by Gasteiger charge is 2.11. The fourth-order valence-corrected chi connectivity index (χ4v) is 2.64. The van der Waals surface area contributed by atoms with Gasteiger partial charge in [0.2, 0.25) is 0 Å². The molecule has 3 heteroatoms. The van der Waals surface area contributed by atoms with Crippen molar-refractivity contribution in [2.75, 3.05) is 0 Å². The Morgan fingerprint density at radius 3 is 2.32 bits per heavy atom. The van der Waals surface area contributed by atoms with Gasteiger partial charge in [0.15, 0.2) is 0 Å². The number of benzene rings is 2. The summed E-state index contributed by atoms with van der Waals surface area (Å²) in [6.07, 6.45) is -0.0984. The molecule has 2 rings (SSSR count). The Kier molecular flexibility index (Phi) is 4.38. The molecule has 0 aliphatic rings. The van der Waals surface area contributed by atoms with Crippen LogP contribution < -0.4 is 0 Å². The van der Waals surface area contributed by atoms with Crippen molar-refractivity contribution in [1.82, 2.24) is 0 Å². The highest BCUT2D eigenvalue weighted by Crippen LogP contribution is 2.24. The topological polar surface area (TPSA) is 20.2 Å². The Bertz CT molecular complexity index is 575. The van der Waals surface area contributed by atoms with Crippen LogP contribution in [0.3, 0.4) is 0 Å². The Morgan fingerprint density at radius 1 is 1.11 bits per heavy atom. The van der Waals surface area contributed by atoms with E-state index in [2.05, 4.69) is 34.1 Å². The molecule has 0 saturated heterocycles. The second kappa shape index (κ2) is 5.85. The molecule has 0 amide bonds. The van der Waals surface area contributed by atoms with Gasteiger partial charge in [-0.25, -0.2) is 4.39 Å². The maximum absolute atomic E-state index is 13.2. The van der Waals surface area contributed by atoms with Crippen LogP contribution in [0.4, 0.5) is 4.39 Å². The highest BCUT2D eigenvalue weighted by molar-refractivity contribution is 9.10. The van der Waals surface area contributed by atoms with Gasteiger partial charge in [0.1, 0.15) is 5.82 Å². The minimum atomic E-state index is -0.627. The van der Waals surface area contributed by atoms with Crippen LogP contribution in [0, 0.1) is 19.7 Å². The van der Waals surface area contributed by atoms with E-state index in [1.165, 1.54) is 17.2 Å². The standard InChI is InChI=1S/C16H16BrFO/c1-10-5-11(2)7-12(6-10)8-16(19)13-3-4-15(18)14(17)9-13/h3-7,9,16,19H,8H2,1-2H3. The van der Waals surface area contributed by atoms with Gasteiger partial charge in [-0.1, -0.05) is 35.4 Å². The zero-order valence-electron chi connectivity index (χ0n) is 11.0. The minimum absolute atomic E-state index is 0.317. The van der Waals surface area contributed by atoms with E-state index >= 15 is 0 Å². The van der Waals surface area contributed by atoms with Gasteiger partial charge in [-0.05, 0) is 53.0 Å². The number of aliphatic hydroxyl groups excluding tert-OH is 1. The van der Waals surface area contributed by atoms with Gasteiger partial charge in [-0.15, -0.1) is 0 Å². The van der Waals surface area contributed by atoms with Crippen LogP contribution in [0.15, 0.2) is 40.9 Å². The average molecular weight is 323 g/mol. The number of rotatable bonds is 3. The van der Waals surface area contributed by atoms with Crippen LogP contribution in [-0.4, -0.2) is 5.11 Å². The van der Waals surface area contributed by atoms with Gasteiger partial charge >= 0.3 is 0 Å². The smallest absolute Gasteiger partial charge is 0.137 e. The molecule has 100 valence electrons. The molecule has 19 heavy (non-hydrogen) atoms. The Balaban J connectivity index is 2.20. The van der Waals surface area contributed by atoms with Crippen molar-refractivity contribution in [3.8, 4) is 0 Å². The summed E-state index contributed by atoms with van der Waals surface area (Å²) in [7, 11) is 0. The fraction of sp³-hybridized carbons (Fsp3) is 0.250. The summed E-state index contributed by atoms with van der Waals surface area (Å²) in [4.78, 5) is 0. The van der Waals surface area contributed by atoms with Crippen molar-refractivity contribution >= 4 is 15.9 Å². The molecular formula is C16H16BrFO. The first-order valence-corrected chi connectivity index (χ1v) is 6.95. The summed E-state index contributed by atoms with van der Waals surface area (Å²) in [6.45, 7) is 4.08. The molecule has 2 aromatic carbocycles. The molecule has 0 radical (unpaired) electrons. The third kappa shape index (κ3) is 3.64. The Labute approximate surface area is 121 Å². The molecular weight excluding hydrogens is 307 g/mol. The lowest BCUT2D eigenvalue weighted by atomic mass is 9.98. The third-order valence-corrected chi connectivity index (χ3v) is 3.65. The molecule has 0 aliphatic carbocycles. The van der Waals surface area contributed by atoms with E-state index in [4.69, 9.17) is 0 Å². The predicted molar refractivity (Wildman–Crippen MR) is 78.7 cm³/mol. The molecule has 1 atom stereocenters. The van der Waals surface area contributed by atoms with Gasteiger partial charge in [-0.2, -0.15) is 0 Å². The Hall–Kier alpha value is -1.19. The number of hydrogen-bond donors (Lipinski definition) is 1. The third-order valence-electron chi connectivity index (χ3n) is 3.04. The van der Waals surface area contributed by atoms with Crippen molar-refractivity contribution in [2.45, 2.75) is 26.4 Å². The molecule has 0 aliphatic heterocycles. The molecule has 1 unspecified atom stereocenters. The van der Waals surface area contributed by atoms with Crippen LogP contribution in [-0.2, 0) is 6.42 Å². The summed E-state index contributed by atoms with van der Waals surface area (Å²) < 4.78 is 13.5. The summed E-state index contributed by atoms with van der Waals surface area (Å²) in [5, 5.41) is 10.2. The first kappa shape index (κ1) is 14.2. The lowest BCUT2D eigenvalue weighted by Crippen LogP contribution is -2.03. The lowest BCUT2D eigenvalue weighted by Gasteiger charge is -2.13. The van der Waals surface area contributed by atoms with E-state index < -0.39 is 6.10 Å². The van der Waals surface area contributed by atoms with Crippen molar-refractivity contribution in [1.29, 1.82) is 0 Å². The average Bonchev–Trinajstić information content (AvgIpc) is 2.31. The number of hydrogen-bond acceptors (Lipinski definition) is 1. The number of aryl methyl sites for hydroxylation is 2. The van der Waals surface area contributed by atoms with E-state index in [1.807, 2.05) is 13.8 Å². The lowest BCUT2D eigenvalue weighted by molar-refractivity contribution is 0.178. The highest BCUT2D eigenvalue weighted by atomic mass is 79.9. The van der Waals surface area contributed by atoms with Gasteiger partial charge in [-0.3, -0.25) is 0 Å². The van der Waals surface area contributed by atoms with Gasteiger partial charge < -0.3 is 5.11 Å². The maximum Gasteiger partial charge on any atom is 0.137 e. The maximum atomic E-state index is 13.2. The van der Waals surface area contributed by atoms with E-state index in [0.29, 0.717) is 16.5 Å². The van der Waals surface area contributed by atoms with Gasteiger partial charge in [0.25, 0.3) is 0 Å². The van der Waals surface area contributed by atoms with Crippen molar-refractivity contribution in [3.63, 3.8) is 0 Å². The molecule has 0 saturated carbocycles. The van der Waals surface area contributed by atoms with Crippen molar-refractivity contribution in [3.05, 3.63) is 68.9 Å². The van der Waals surface area contributed by atoms with Crippen molar-refractivity contribution < 1.29 is 9.50 Å². The van der Waals surface area contributed by atoms with E-state index in [-0.39, 0.29) is 5.82 Å². The van der Waals surface area contributed by atoms with Crippen LogP contribution in [0.2, 0.25) is 0 Å². The van der Waals surface area contributed by atoms with Gasteiger partial charge in [0.05, 0.1) is 10.6 Å². The van der Waals surface area contributed by atoms with Crippen LogP contribution in [0.25, 0.3) is 0 Å². The molecule has 2 aromatic rings. The fourth-order valence-electron chi connectivity index (χ4n) is 2.25. The molecule has 1 nitrogen and oxygen atoms in total. The monoisotopic (exact) mass is 322 g/mol. The largest absolute Gasteiger partial charge is 0.388 e. The normalized spacial score (nSPS) is 12.5. The van der Waals surface area contributed by atoms with Gasteiger partial charge in [0, 0.05) is 6.42 Å². The number of halogens is 2. The Morgan fingerprint density at radius 2 is 1.74 bits per heavy atom. The SMILES string of the molecule is Cc1cc(C)cc(CC(O)c2ccc(F)c(Br)c2)c1. The second-order valence-electron chi connectivity index (χ2n) is 4.89. The van der Waals surface area contributed by atoms with E-state index in [1.54, 1.807) is 12.1 Å². The molecule has 0 heterocycles. The van der Waals surface area contributed by atoms with E-state index in [9.17, 15) is 9.50 Å². The summed E-state index contributed by atoms with van der Waals surface area (Å²) in [6, 6.07) is 10.8. The van der Waals surface area contributed by atoms with Crippen molar-refractivity contribution in [2.24, 2.45) is 0 Å². The zero-order valence-corrected chi connectivity index (χ0v) is 12.5. The predicted octanol–water partition coefficient (Wildman–Crippen LogP) is 4.48. The molecule has 0 fully saturated rings. The van der Waals surface area contributed by atoms with Crippen LogP contribution in [0.5, 0.6) is 0 Å². The minimum Gasteiger partial charge on any atom is -0.388 e. The zero-order chi connectivity index (χ0) is 14.0. The quantitative estimate of drug-likeness (QED) is 0.883. The summed E-state index contributed by atoms with van der Waals surface area (Å²) >= 11 is 3.14. The van der Waals surface area contributed by atoms with Crippen LogP contribution in [0.1, 0.15) is 28.4 Å². The second-order valence-corrected chi connectivity index (χ2v) is 5.74. The molecule has 0 bridgehead atoms. The first-order chi connectivity index (χ1) is 8.95.